The number of carbonyl (C=O) groups excluding carboxylic acids is 1. The number of para-hydroxylation sites is 1. The van der Waals surface area contributed by atoms with Gasteiger partial charge in [-0.2, -0.15) is 5.10 Å². The van der Waals surface area contributed by atoms with Crippen LogP contribution in [0.2, 0.25) is 0 Å². The van der Waals surface area contributed by atoms with E-state index in [9.17, 15) is 4.79 Å². The normalized spacial score (nSPS) is 15.6. The summed E-state index contributed by atoms with van der Waals surface area (Å²) in [5.74, 6) is 0.405. The Labute approximate surface area is 176 Å². The van der Waals surface area contributed by atoms with Gasteiger partial charge >= 0.3 is 0 Å². The number of fused-ring (bicyclic) bond motifs is 1. The molecule has 4 heteroatoms. The lowest BCUT2D eigenvalue weighted by atomic mass is 9.93. The summed E-state index contributed by atoms with van der Waals surface area (Å²) in [6.45, 7) is 4.37. The minimum Gasteiger partial charge on any atom is -0.295 e. The van der Waals surface area contributed by atoms with Gasteiger partial charge < -0.3 is 0 Å². The van der Waals surface area contributed by atoms with Gasteiger partial charge in [0.1, 0.15) is 5.69 Å². The van der Waals surface area contributed by atoms with Gasteiger partial charge in [0.05, 0.1) is 11.7 Å². The Morgan fingerprint density at radius 2 is 1.50 bits per heavy atom. The maximum absolute atomic E-state index is 13.5. The number of anilines is 1. The number of hydrogen-bond donors (Lipinski definition) is 1. The van der Waals surface area contributed by atoms with Gasteiger partial charge in [0, 0.05) is 16.8 Å². The molecule has 1 amide bonds. The summed E-state index contributed by atoms with van der Waals surface area (Å²) in [6.07, 6.45) is 0. The van der Waals surface area contributed by atoms with Crippen LogP contribution in [0, 0.1) is 0 Å². The number of aromatic amines is 1. The molecular formula is C26H23N3O. The second-order valence-corrected chi connectivity index (χ2v) is 7.96. The predicted molar refractivity (Wildman–Crippen MR) is 120 cm³/mol. The minimum atomic E-state index is -0.231. The maximum Gasteiger partial charge on any atom is 0.277 e. The van der Waals surface area contributed by atoms with Crippen LogP contribution in [0.25, 0.3) is 11.3 Å². The first kappa shape index (κ1) is 18.4. The van der Waals surface area contributed by atoms with Crippen molar-refractivity contribution in [2.75, 3.05) is 4.90 Å². The summed E-state index contributed by atoms with van der Waals surface area (Å²) in [4.78, 5) is 15.3. The second-order valence-electron chi connectivity index (χ2n) is 7.96. The molecule has 1 aliphatic heterocycles. The molecule has 5 rings (SSSR count). The lowest BCUT2D eigenvalue weighted by Gasteiger charge is -2.26. The molecule has 1 aromatic heterocycles. The van der Waals surface area contributed by atoms with E-state index >= 15 is 0 Å². The Hall–Kier alpha value is -3.66. The van der Waals surface area contributed by atoms with E-state index in [0.717, 1.165) is 28.1 Å². The topological polar surface area (TPSA) is 49.0 Å². The van der Waals surface area contributed by atoms with E-state index in [1.807, 2.05) is 65.6 Å². The zero-order valence-corrected chi connectivity index (χ0v) is 17.0. The average Bonchev–Trinajstić information content (AvgIpc) is 3.34. The molecular weight excluding hydrogens is 370 g/mol. The number of rotatable bonds is 4. The summed E-state index contributed by atoms with van der Waals surface area (Å²) >= 11 is 0. The van der Waals surface area contributed by atoms with Gasteiger partial charge in [-0.15, -0.1) is 0 Å². The van der Waals surface area contributed by atoms with E-state index in [-0.39, 0.29) is 11.9 Å². The molecule has 0 radical (unpaired) electrons. The Morgan fingerprint density at radius 1 is 0.867 bits per heavy atom. The highest BCUT2D eigenvalue weighted by Crippen LogP contribution is 2.45. The second kappa shape index (κ2) is 7.30. The summed E-state index contributed by atoms with van der Waals surface area (Å²) in [6, 6.07) is 28.3. The van der Waals surface area contributed by atoms with Gasteiger partial charge in [-0.3, -0.25) is 14.8 Å². The monoisotopic (exact) mass is 393 g/mol. The number of carbonyl (C=O) groups is 1. The average molecular weight is 393 g/mol. The van der Waals surface area contributed by atoms with Gasteiger partial charge in [-0.25, -0.2) is 0 Å². The highest BCUT2D eigenvalue weighted by Gasteiger charge is 2.42. The fourth-order valence-electron chi connectivity index (χ4n) is 4.20. The molecule has 148 valence electrons. The summed E-state index contributed by atoms with van der Waals surface area (Å²) in [5.41, 5.74) is 6.57. The molecule has 1 N–H and O–H groups in total. The van der Waals surface area contributed by atoms with Crippen molar-refractivity contribution in [1.82, 2.24) is 10.2 Å². The van der Waals surface area contributed by atoms with Gasteiger partial charge in [-0.05, 0) is 29.2 Å². The standard InChI is InChI=1S/C26H23N3O/c1-17(2)18-13-15-20(16-14-18)25-22-23(19-9-5-3-6-10-19)27-28-24(22)26(30)29(25)21-11-7-4-8-12-21/h3-17,25H,1-2H3,(H,27,28)/t25-/m0/s1. The third kappa shape index (κ3) is 2.92. The third-order valence-electron chi connectivity index (χ3n) is 5.77. The van der Waals surface area contributed by atoms with Crippen LogP contribution in [0.15, 0.2) is 84.9 Å². The van der Waals surface area contributed by atoms with E-state index in [1.54, 1.807) is 0 Å². The number of benzene rings is 3. The van der Waals surface area contributed by atoms with Crippen molar-refractivity contribution in [2.24, 2.45) is 0 Å². The molecule has 2 heterocycles. The van der Waals surface area contributed by atoms with Crippen LogP contribution in [0.5, 0.6) is 0 Å². The first-order valence-electron chi connectivity index (χ1n) is 10.3. The highest BCUT2D eigenvalue weighted by atomic mass is 16.2. The number of H-pyrrole nitrogens is 1. The smallest absolute Gasteiger partial charge is 0.277 e. The van der Waals surface area contributed by atoms with E-state index in [1.165, 1.54) is 5.56 Å². The summed E-state index contributed by atoms with van der Waals surface area (Å²) < 4.78 is 0. The van der Waals surface area contributed by atoms with Crippen molar-refractivity contribution < 1.29 is 4.79 Å². The SMILES string of the molecule is CC(C)c1ccc([C@H]2c3c(-c4ccccc4)n[nH]c3C(=O)N2c2ccccc2)cc1. The molecule has 0 aliphatic carbocycles. The summed E-state index contributed by atoms with van der Waals surface area (Å²) in [5, 5.41) is 7.56. The van der Waals surface area contributed by atoms with E-state index in [4.69, 9.17) is 0 Å². The van der Waals surface area contributed by atoms with E-state index in [0.29, 0.717) is 11.6 Å². The van der Waals surface area contributed by atoms with Crippen LogP contribution in [0.3, 0.4) is 0 Å². The zero-order chi connectivity index (χ0) is 20.7. The fraction of sp³-hybridized carbons (Fsp3) is 0.154. The first-order chi connectivity index (χ1) is 14.6. The number of hydrogen-bond acceptors (Lipinski definition) is 2. The molecule has 30 heavy (non-hydrogen) atoms. The fourth-order valence-corrected chi connectivity index (χ4v) is 4.20. The first-order valence-corrected chi connectivity index (χ1v) is 10.3. The Bertz CT molecular complexity index is 1180. The van der Waals surface area contributed by atoms with Gasteiger partial charge in [-0.1, -0.05) is 86.6 Å². The van der Waals surface area contributed by atoms with Gasteiger partial charge in [0.15, 0.2) is 0 Å². The Kier molecular flexibility index (Phi) is 4.47. The number of nitrogens with one attached hydrogen (secondary N) is 1. The van der Waals surface area contributed by atoms with Gasteiger partial charge in [0.25, 0.3) is 5.91 Å². The lowest BCUT2D eigenvalue weighted by molar-refractivity contribution is 0.0989. The van der Waals surface area contributed by atoms with Crippen molar-refractivity contribution in [3.8, 4) is 11.3 Å². The lowest BCUT2D eigenvalue weighted by Crippen LogP contribution is -2.29. The number of aromatic nitrogens is 2. The molecule has 1 aliphatic rings. The van der Waals surface area contributed by atoms with Crippen LogP contribution in [-0.2, 0) is 0 Å². The van der Waals surface area contributed by atoms with E-state index in [2.05, 4.69) is 48.3 Å². The van der Waals surface area contributed by atoms with Crippen LogP contribution in [-0.4, -0.2) is 16.1 Å². The predicted octanol–water partition coefficient (Wildman–Crippen LogP) is 5.95. The number of amides is 1. The quantitative estimate of drug-likeness (QED) is 0.466. The summed E-state index contributed by atoms with van der Waals surface area (Å²) in [7, 11) is 0. The molecule has 0 bridgehead atoms. The van der Waals surface area contributed by atoms with Crippen LogP contribution in [0.1, 0.15) is 53.0 Å². The van der Waals surface area contributed by atoms with Gasteiger partial charge in [0.2, 0.25) is 0 Å². The van der Waals surface area contributed by atoms with E-state index < -0.39 is 0 Å². The largest absolute Gasteiger partial charge is 0.295 e. The molecule has 0 unspecified atom stereocenters. The Balaban J connectivity index is 1.70. The minimum absolute atomic E-state index is 0.0520. The van der Waals surface area contributed by atoms with Crippen molar-refractivity contribution in [3.05, 3.63) is 107 Å². The maximum atomic E-state index is 13.5. The van der Waals surface area contributed by atoms with Crippen LogP contribution >= 0.6 is 0 Å². The third-order valence-corrected chi connectivity index (χ3v) is 5.77. The molecule has 0 fully saturated rings. The van der Waals surface area contributed by atoms with Crippen molar-refractivity contribution in [3.63, 3.8) is 0 Å². The van der Waals surface area contributed by atoms with Crippen LogP contribution < -0.4 is 4.90 Å². The Morgan fingerprint density at radius 3 is 2.13 bits per heavy atom. The molecule has 3 aromatic carbocycles. The number of nitrogens with zero attached hydrogens (tertiary/aromatic N) is 2. The molecule has 4 nitrogen and oxygen atoms in total. The van der Waals surface area contributed by atoms with Crippen molar-refractivity contribution in [1.29, 1.82) is 0 Å². The highest BCUT2D eigenvalue weighted by molar-refractivity contribution is 6.11. The van der Waals surface area contributed by atoms with Crippen molar-refractivity contribution >= 4 is 11.6 Å². The molecule has 0 saturated carbocycles. The molecule has 0 saturated heterocycles. The van der Waals surface area contributed by atoms with Crippen LogP contribution in [0.4, 0.5) is 5.69 Å². The molecule has 0 spiro atoms. The molecule has 4 aromatic rings. The van der Waals surface area contributed by atoms with Crippen molar-refractivity contribution in [2.45, 2.75) is 25.8 Å². The molecule has 1 atom stereocenters. The zero-order valence-electron chi connectivity index (χ0n) is 17.0.